The molecule has 0 spiro atoms. The van der Waals surface area contributed by atoms with E-state index in [0.29, 0.717) is 45.3 Å². The molecule has 31 heavy (non-hydrogen) atoms. The highest BCUT2D eigenvalue weighted by Crippen LogP contribution is 2.22. The normalized spacial score (nSPS) is 11.1. The van der Waals surface area contributed by atoms with E-state index in [2.05, 4.69) is 10.3 Å². The second-order valence-electron chi connectivity index (χ2n) is 7.56. The van der Waals surface area contributed by atoms with Gasteiger partial charge in [0.2, 0.25) is 5.91 Å². The predicted molar refractivity (Wildman–Crippen MR) is 126 cm³/mol. The Bertz CT molecular complexity index is 1170. The van der Waals surface area contributed by atoms with Crippen molar-refractivity contribution < 1.29 is 9.59 Å². The second-order valence-corrected chi connectivity index (χ2v) is 8.94. The number of fused-ring (bicyclic) bond motifs is 1. The Morgan fingerprint density at radius 2 is 1.87 bits per heavy atom. The molecule has 0 radical (unpaired) electrons. The van der Waals surface area contributed by atoms with Gasteiger partial charge in [-0.2, -0.15) is 0 Å². The summed E-state index contributed by atoms with van der Waals surface area (Å²) >= 11 is 7.30. The number of hydrogen-bond donors (Lipinski definition) is 1. The van der Waals surface area contributed by atoms with Crippen LogP contribution >= 0.6 is 23.4 Å². The molecule has 0 atom stereocenters. The van der Waals surface area contributed by atoms with Gasteiger partial charge in [0.15, 0.2) is 10.9 Å². The molecular weight excluding hydrogens is 434 g/mol. The monoisotopic (exact) mass is 457 g/mol. The number of rotatable bonds is 8. The van der Waals surface area contributed by atoms with Crippen LogP contribution in [0.3, 0.4) is 0 Å². The fraction of sp³-hybridized carbons (Fsp3) is 0.304. The number of anilines is 1. The SMILES string of the molecule is CCC(=O)Nc1ccc(C(=O)CSc2nc3ccc(Cl)cc3c(=O)n2CC(C)C)cc1. The number of benzene rings is 2. The predicted octanol–water partition coefficient (Wildman–Crippen LogP) is 5.03. The van der Waals surface area contributed by atoms with E-state index >= 15 is 0 Å². The van der Waals surface area contributed by atoms with Crippen molar-refractivity contribution in [3.63, 3.8) is 0 Å². The van der Waals surface area contributed by atoms with Crippen molar-refractivity contribution in [3.05, 3.63) is 63.4 Å². The van der Waals surface area contributed by atoms with Gasteiger partial charge in [-0.05, 0) is 48.4 Å². The van der Waals surface area contributed by atoms with Crippen molar-refractivity contribution >= 4 is 51.6 Å². The van der Waals surface area contributed by atoms with E-state index in [0.717, 1.165) is 0 Å². The molecule has 0 aliphatic heterocycles. The number of ketones is 1. The number of hydrogen-bond acceptors (Lipinski definition) is 5. The fourth-order valence-corrected chi connectivity index (χ4v) is 4.09. The second kappa shape index (κ2) is 10.1. The molecule has 0 unspecified atom stereocenters. The number of aromatic nitrogens is 2. The van der Waals surface area contributed by atoms with E-state index in [1.54, 1.807) is 54.0 Å². The molecular formula is C23H24ClN3O3S. The van der Waals surface area contributed by atoms with Gasteiger partial charge in [-0.1, -0.05) is 44.1 Å². The van der Waals surface area contributed by atoms with Crippen molar-refractivity contribution in [1.82, 2.24) is 9.55 Å². The quantitative estimate of drug-likeness (QED) is 0.291. The lowest BCUT2D eigenvalue weighted by molar-refractivity contribution is -0.115. The number of Topliss-reactive ketones (excluding diaryl/α,β-unsaturated/α-hetero) is 1. The van der Waals surface area contributed by atoms with Crippen molar-refractivity contribution in [3.8, 4) is 0 Å². The van der Waals surface area contributed by atoms with Gasteiger partial charge in [0, 0.05) is 29.2 Å². The molecule has 162 valence electrons. The lowest BCUT2D eigenvalue weighted by Crippen LogP contribution is -2.25. The Morgan fingerprint density at radius 3 is 2.52 bits per heavy atom. The van der Waals surface area contributed by atoms with Crippen LogP contribution in [0.5, 0.6) is 0 Å². The van der Waals surface area contributed by atoms with Gasteiger partial charge in [0.1, 0.15) is 0 Å². The molecule has 1 N–H and O–H groups in total. The summed E-state index contributed by atoms with van der Waals surface area (Å²) in [5, 5.41) is 4.21. The van der Waals surface area contributed by atoms with E-state index in [1.807, 2.05) is 13.8 Å². The van der Waals surface area contributed by atoms with Crippen LogP contribution in [0, 0.1) is 5.92 Å². The molecule has 0 saturated heterocycles. The van der Waals surface area contributed by atoms with Crippen molar-refractivity contribution in [1.29, 1.82) is 0 Å². The Hall–Kier alpha value is -2.64. The molecule has 1 heterocycles. The van der Waals surface area contributed by atoms with Gasteiger partial charge < -0.3 is 5.32 Å². The maximum Gasteiger partial charge on any atom is 0.262 e. The molecule has 1 aromatic heterocycles. The van der Waals surface area contributed by atoms with Crippen LogP contribution < -0.4 is 10.9 Å². The molecule has 0 fully saturated rings. The zero-order valence-electron chi connectivity index (χ0n) is 17.6. The molecule has 1 amide bonds. The Balaban J connectivity index is 1.82. The first-order valence-electron chi connectivity index (χ1n) is 10.0. The number of thioether (sulfide) groups is 1. The molecule has 3 aromatic rings. The maximum absolute atomic E-state index is 13.0. The van der Waals surface area contributed by atoms with Crippen LogP contribution in [0.4, 0.5) is 5.69 Å². The third kappa shape index (κ3) is 5.74. The van der Waals surface area contributed by atoms with Gasteiger partial charge in [0.05, 0.1) is 16.7 Å². The summed E-state index contributed by atoms with van der Waals surface area (Å²) < 4.78 is 1.62. The van der Waals surface area contributed by atoms with Crippen LogP contribution in [-0.4, -0.2) is 27.0 Å². The summed E-state index contributed by atoms with van der Waals surface area (Å²) in [6.45, 7) is 6.32. The first-order chi connectivity index (χ1) is 14.8. The third-order valence-corrected chi connectivity index (χ3v) is 5.78. The van der Waals surface area contributed by atoms with Crippen molar-refractivity contribution in [2.45, 2.75) is 38.9 Å². The minimum atomic E-state index is -0.160. The first kappa shape index (κ1) is 23.0. The maximum atomic E-state index is 13.0. The van der Waals surface area contributed by atoms with Crippen molar-refractivity contribution in [2.24, 2.45) is 5.92 Å². The van der Waals surface area contributed by atoms with Gasteiger partial charge in [0.25, 0.3) is 5.56 Å². The highest BCUT2D eigenvalue weighted by molar-refractivity contribution is 7.99. The molecule has 0 aliphatic carbocycles. The topological polar surface area (TPSA) is 81.1 Å². The zero-order chi connectivity index (χ0) is 22.5. The van der Waals surface area contributed by atoms with E-state index in [-0.39, 0.29) is 28.9 Å². The van der Waals surface area contributed by atoms with Gasteiger partial charge in [-0.15, -0.1) is 0 Å². The summed E-state index contributed by atoms with van der Waals surface area (Å²) in [6, 6.07) is 11.8. The molecule has 0 saturated carbocycles. The number of carbonyl (C=O) groups is 2. The minimum Gasteiger partial charge on any atom is -0.326 e. The van der Waals surface area contributed by atoms with Crippen LogP contribution in [0.15, 0.2) is 52.4 Å². The fourth-order valence-electron chi connectivity index (χ4n) is 3.01. The molecule has 0 bridgehead atoms. The smallest absolute Gasteiger partial charge is 0.262 e. The Labute approximate surface area is 190 Å². The lowest BCUT2D eigenvalue weighted by Gasteiger charge is -2.15. The lowest BCUT2D eigenvalue weighted by atomic mass is 10.1. The van der Waals surface area contributed by atoms with E-state index in [9.17, 15) is 14.4 Å². The summed E-state index contributed by atoms with van der Waals surface area (Å²) in [5.41, 5.74) is 1.58. The molecule has 8 heteroatoms. The zero-order valence-corrected chi connectivity index (χ0v) is 19.2. The van der Waals surface area contributed by atoms with Gasteiger partial charge in [-0.3, -0.25) is 19.0 Å². The molecule has 6 nitrogen and oxygen atoms in total. The molecule has 0 aliphatic rings. The number of halogens is 1. The summed E-state index contributed by atoms with van der Waals surface area (Å²) in [6.07, 6.45) is 0.389. The van der Waals surface area contributed by atoms with Crippen LogP contribution in [-0.2, 0) is 11.3 Å². The van der Waals surface area contributed by atoms with E-state index in [1.165, 1.54) is 11.8 Å². The number of nitrogens with one attached hydrogen (secondary N) is 1. The standard InChI is InChI=1S/C23H24ClN3O3S/c1-4-21(29)25-17-8-5-15(6-9-17)20(28)13-31-23-26-19-10-7-16(24)11-18(19)22(30)27(23)12-14(2)3/h5-11,14H,4,12-13H2,1-3H3,(H,25,29). The van der Waals surface area contributed by atoms with Crippen LogP contribution in [0.25, 0.3) is 10.9 Å². The minimum absolute atomic E-state index is 0.0820. The van der Waals surface area contributed by atoms with E-state index in [4.69, 9.17) is 11.6 Å². The van der Waals surface area contributed by atoms with E-state index < -0.39 is 0 Å². The van der Waals surface area contributed by atoms with Crippen LogP contribution in [0.2, 0.25) is 5.02 Å². The number of carbonyl (C=O) groups excluding carboxylic acids is 2. The average Bonchev–Trinajstić information content (AvgIpc) is 2.75. The van der Waals surface area contributed by atoms with Crippen molar-refractivity contribution in [2.75, 3.05) is 11.1 Å². The molecule has 3 rings (SSSR count). The summed E-state index contributed by atoms with van der Waals surface area (Å²) in [5.74, 6) is 0.211. The first-order valence-corrected chi connectivity index (χ1v) is 11.4. The molecule has 2 aromatic carbocycles. The highest BCUT2D eigenvalue weighted by atomic mass is 35.5. The Morgan fingerprint density at radius 1 is 1.16 bits per heavy atom. The van der Waals surface area contributed by atoms with Crippen LogP contribution in [0.1, 0.15) is 37.6 Å². The summed E-state index contributed by atoms with van der Waals surface area (Å²) in [4.78, 5) is 41.8. The third-order valence-electron chi connectivity index (χ3n) is 4.57. The van der Waals surface area contributed by atoms with Gasteiger partial charge in [-0.25, -0.2) is 4.98 Å². The largest absolute Gasteiger partial charge is 0.326 e. The summed E-state index contributed by atoms with van der Waals surface area (Å²) in [7, 11) is 0. The number of amides is 1. The van der Waals surface area contributed by atoms with Gasteiger partial charge >= 0.3 is 0 Å². The highest BCUT2D eigenvalue weighted by Gasteiger charge is 2.15. The Kier molecular flexibility index (Phi) is 7.51. The average molecular weight is 458 g/mol. The number of nitrogens with zero attached hydrogens (tertiary/aromatic N) is 2.